The van der Waals surface area contributed by atoms with Crippen molar-refractivity contribution in [2.24, 2.45) is 0 Å². The zero-order valence-corrected chi connectivity index (χ0v) is 24.4. The van der Waals surface area contributed by atoms with Crippen molar-refractivity contribution in [3.8, 4) is 11.5 Å². The van der Waals surface area contributed by atoms with E-state index < -0.39 is 65.5 Å². The zero-order chi connectivity index (χ0) is 30.6. The molecule has 4 aliphatic rings. The number of carboxylic acids is 1. The quantitative estimate of drug-likeness (QED) is 0.320. The molecule has 1 fully saturated rings. The Labute approximate surface area is 243 Å². The Balaban J connectivity index is 1.39. The lowest BCUT2D eigenvalue weighted by atomic mass is 9.50. The molecule has 5 rings (SSSR count). The van der Waals surface area contributed by atoms with Gasteiger partial charge in [0, 0.05) is 18.0 Å². The predicted molar refractivity (Wildman–Crippen MR) is 145 cm³/mol. The average Bonchev–Trinajstić information content (AvgIpc) is 3.25. The van der Waals surface area contributed by atoms with Crippen molar-refractivity contribution in [3.05, 3.63) is 35.1 Å². The van der Waals surface area contributed by atoms with Crippen molar-refractivity contribution in [1.29, 1.82) is 0 Å². The molecule has 2 aliphatic heterocycles. The summed E-state index contributed by atoms with van der Waals surface area (Å²) in [7, 11) is 3.50. The molecule has 2 bridgehead atoms. The number of rotatable bonds is 9. The Bertz CT molecular complexity index is 1350. The van der Waals surface area contributed by atoms with Gasteiger partial charge in [-0.25, -0.2) is 4.79 Å². The highest BCUT2D eigenvalue weighted by molar-refractivity contribution is 5.85. The molecule has 2 heterocycles. The van der Waals surface area contributed by atoms with Crippen molar-refractivity contribution in [2.45, 2.75) is 94.2 Å². The third-order valence-electron chi connectivity index (χ3n) is 8.63. The first-order chi connectivity index (χ1) is 19.7. The molecule has 1 aromatic carbocycles. The van der Waals surface area contributed by atoms with Gasteiger partial charge in [0.1, 0.15) is 11.4 Å². The van der Waals surface area contributed by atoms with Crippen molar-refractivity contribution >= 4 is 23.9 Å². The summed E-state index contributed by atoms with van der Waals surface area (Å²) >= 11 is 0. The number of likely N-dealkylation sites (tertiary alicyclic amines) is 1. The maximum absolute atomic E-state index is 13.3. The molecule has 1 spiro atoms. The van der Waals surface area contributed by atoms with E-state index in [9.17, 15) is 29.4 Å². The van der Waals surface area contributed by atoms with Gasteiger partial charge in [0.05, 0.1) is 37.4 Å². The second-order valence-electron chi connectivity index (χ2n) is 12.4. The molecule has 2 aliphatic carbocycles. The van der Waals surface area contributed by atoms with Gasteiger partial charge in [-0.15, -0.1) is 0 Å². The summed E-state index contributed by atoms with van der Waals surface area (Å²) in [5, 5.41) is 21.7. The van der Waals surface area contributed by atoms with Crippen LogP contribution in [0.2, 0.25) is 0 Å². The lowest BCUT2D eigenvalue weighted by Gasteiger charge is -2.61. The molecule has 12 nitrogen and oxygen atoms in total. The standard InChI is InChI=1S/C30H37NO11/c1-28(2,3)42-23(35)9-8-22(34)39-19(15-21(32)33)27(36)40-18-10-11-30(37)20-14-16-6-7-17(38-5)25-24(16)29(30,26(18)41-25)12-13-31(20)4/h6-7,10,19-20,26,37H,8-9,11-15H2,1-5H3,(H,32,33)/t19?,20-,26+,29+,30-/m1/s1. The molecule has 0 saturated carbocycles. The Morgan fingerprint density at radius 2 is 1.88 bits per heavy atom. The van der Waals surface area contributed by atoms with Crippen LogP contribution in [0.25, 0.3) is 0 Å². The van der Waals surface area contributed by atoms with Crippen molar-refractivity contribution in [3.63, 3.8) is 0 Å². The molecule has 0 radical (unpaired) electrons. The molecule has 1 unspecified atom stereocenters. The van der Waals surface area contributed by atoms with Gasteiger partial charge < -0.3 is 38.8 Å². The number of carbonyl (C=O) groups excluding carboxylic acids is 3. The van der Waals surface area contributed by atoms with E-state index in [1.54, 1.807) is 26.8 Å². The molecule has 12 heteroatoms. The predicted octanol–water partition coefficient (Wildman–Crippen LogP) is 2.02. The summed E-state index contributed by atoms with van der Waals surface area (Å²) in [6.07, 6.45) is -1.32. The molecular weight excluding hydrogens is 550 g/mol. The van der Waals surface area contributed by atoms with Gasteiger partial charge in [-0.2, -0.15) is 0 Å². The van der Waals surface area contributed by atoms with Crippen LogP contribution >= 0.6 is 0 Å². The fourth-order valence-corrected chi connectivity index (χ4v) is 6.92. The number of ether oxygens (including phenoxy) is 5. The Kier molecular flexibility index (Phi) is 7.51. The summed E-state index contributed by atoms with van der Waals surface area (Å²) in [4.78, 5) is 51.5. The maximum Gasteiger partial charge on any atom is 0.353 e. The molecule has 5 atom stereocenters. The SMILES string of the molecule is COc1ccc2c3c1O[C@H]1C(OC(=O)C(CC(=O)O)OC(=O)CCC(=O)OC(C)(C)C)=CC[C@@]4(O)[C@@H](C2)N(C)CC[C@]314. The number of carbonyl (C=O) groups is 4. The van der Waals surface area contributed by atoms with Crippen LogP contribution in [0, 0.1) is 0 Å². The van der Waals surface area contributed by atoms with E-state index in [4.69, 9.17) is 23.7 Å². The number of methoxy groups -OCH3 is 1. The first-order valence-electron chi connectivity index (χ1n) is 14.0. The highest BCUT2D eigenvalue weighted by Crippen LogP contribution is 2.65. The number of benzene rings is 1. The van der Waals surface area contributed by atoms with E-state index in [0.29, 0.717) is 30.9 Å². The molecule has 2 N–H and O–H groups in total. The highest BCUT2D eigenvalue weighted by Gasteiger charge is 2.72. The number of hydrogen-bond acceptors (Lipinski definition) is 11. The number of nitrogens with zero attached hydrogens (tertiary/aromatic N) is 1. The van der Waals surface area contributed by atoms with Crippen LogP contribution in [0.3, 0.4) is 0 Å². The topological polar surface area (TPSA) is 158 Å². The van der Waals surface area contributed by atoms with E-state index in [1.165, 1.54) is 7.11 Å². The minimum absolute atomic E-state index is 0.110. The molecular formula is C30H37NO11. The first-order valence-corrected chi connectivity index (χ1v) is 14.0. The van der Waals surface area contributed by atoms with Crippen LogP contribution < -0.4 is 9.47 Å². The summed E-state index contributed by atoms with van der Waals surface area (Å²) in [5.41, 5.74) is -1.03. The molecule has 0 aromatic heterocycles. The minimum atomic E-state index is -1.77. The molecule has 0 amide bonds. The number of piperidine rings is 1. The third kappa shape index (κ3) is 4.90. The Hall–Kier alpha value is -3.64. The Morgan fingerprint density at radius 3 is 2.55 bits per heavy atom. The normalized spacial score (nSPS) is 28.0. The van der Waals surface area contributed by atoms with Crippen molar-refractivity contribution < 1.29 is 53.1 Å². The second kappa shape index (κ2) is 10.6. The number of aliphatic hydroxyl groups is 1. The number of hydrogen-bond donors (Lipinski definition) is 2. The number of esters is 3. The van der Waals surface area contributed by atoms with Gasteiger partial charge in [-0.1, -0.05) is 6.07 Å². The molecule has 228 valence electrons. The molecule has 42 heavy (non-hydrogen) atoms. The van der Waals surface area contributed by atoms with Crippen LogP contribution in [-0.4, -0.2) is 89.1 Å². The largest absolute Gasteiger partial charge is 0.493 e. The van der Waals surface area contributed by atoms with Crippen LogP contribution in [-0.2, 0) is 45.2 Å². The van der Waals surface area contributed by atoms with Crippen molar-refractivity contribution in [2.75, 3.05) is 20.7 Å². The highest BCUT2D eigenvalue weighted by atomic mass is 16.6. The van der Waals surface area contributed by atoms with E-state index in [0.717, 1.165) is 11.1 Å². The van der Waals surface area contributed by atoms with Crippen LogP contribution in [0.15, 0.2) is 24.0 Å². The number of likely N-dealkylation sites (N-methyl/N-ethyl adjacent to an activating group) is 1. The van der Waals surface area contributed by atoms with Crippen LogP contribution in [0.5, 0.6) is 11.5 Å². The van der Waals surface area contributed by atoms with Crippen LogP contribution in [0.1, 0.15) is 64.0 Å². The van der Waals surface area contributed by atoms with Gasteiger partial charge in [0.15, 0.2) is 17.6 Å². The summed E-state index contributed by atoms with van der Waals surface area (Å²) in [6, 6.07) is 3.58. The number of aliphatic carboxylic acids is 1. The van der Waals surface area contributed by atoms with Crippen LogP contribution in [0.4, 0.5) is 0 Å². The second-order valence-corrected chi connectivity index (χ2v) is 12.4. The molecule has 1 saturated heterocycles. The summed E-state index contributed by atoms with van der Waals surface area (Å²) in [6.45, 7) is 5.72. The fraction of sp³-hybridized carbons (Fsp3) is 0.600. The van der Waals surface area contributed by atoms with E-state index >= 15 is 0 Å². The van der Waals surface area contributed by atoms with Gasteiger partial charge in [0.25, 0.3) is 0 Å². The van der Waals surface area contributed by atoms with E-state index in [1.807, 2.05) is 19.2 Å². The monoisotopic (exact) mass is 587 g/mol. The van der Waals surface area contributed by atoms with Gasteiger partial charge in [-0.05, 0) is 64.9 Å². The maximum atomic E-state index is 13.3. The van der Waals surface area contributed by atoms with E-state index in [2.05, 4.69) is 4.90 Å². The molecule has 1 aromatic rings. The van der Waals surface area contributed by atoms with Gasteiger partial charge >= 0.3 is 23.9 Å². The zero-order valence-electron chi connectivity index (χ0n) is 24.4. The summed E-state index contributed by atoms with van der Waals surface area (Å²) < 4.78 is 28.1. The lowest BCUT2D eigenvalue weighted by Crippen LogP contribution is -2.74. The summed E-state index contributed by atoms with van der Waals surface area (Å²) in [5.74, 6) is -2.97. The van der Waals surface area contributed by atoms with E-state index in [-0.39, 0.29) is 24.6 Å². The Morgan fingerprint density at radius 1 is 1.17 bits per heavy atom. The van der Waals surface area contributed by atoms with Gasteiger partial charge in [0.2, 0.25) is 6.10 Å². The lowest BCUT2D eigenvalue weighted by molar-refractivity contribution is -0.178. The smallest absolute Gasteiger partial charge is 0.353 e. The number of carboxylic acid groups (broad SMARTS) is 1. The third-order valence-corrected chi connectivity index (χ3v) is 8.63. The fourth-order valence-electron chi connectivity index (χ4n) is 6.92. The minimum Gasteiger partial charge on any atom is -0.493 e. The average molecular weight is 588 g/mol. The van der Waals surface area contributed by atoms with Crippen molar-refractivity contribution in [1.82, 2.24) is 4.90 Å². The first kappa shape index (κ1) is 29.8. The van der Waals surface area contributed by atoms with Gasteiger partial charge in [-0.3, -0.25) is 14.4 Å².